The van der Waals surface area contributed by atoms with Crippen molar-refractivity contribution in [2.75, 3.05) is 25.4 Å². The van der Waals surface area contributed by atoms with Gasteiger partial charge < -0.3 is 16.5 Å². The summed E-state index contributed by atoms with van der Waals surface area (Å²) in [6.45, 7) is 12.6. The van der Waals surface area contributed by atoms with Crippen molar-refractivity contribution in [2.45, 2.75) is 72.4 Å². The van der Waals surface area contributed by atoms with E-state index in [9.17, 15) is 4.39 Å². The number of piperidine rings is 1. The monoisotopic (exact) mass is 525 g/mol. The number of halogens is 1. The molecule has 0 aromatic carbocycles. The van der Waals surface area contributed by atoms with Crippen LogP contribution >= 0.6 is 0 Å². The molecule has 1 saturated carbocycles. The molecule has 6 N–H and O–H groups in total. The largest absolute Gasteiger partial charge is 0.383 e. The smallest absolute Gasteiger partial charge is 0.173 e. The number of amidine groups is 1. The highest BCUT2D eigenvalue weighted by Gasteiger charge is 2.28. The van der Waals surface area contributed by atoms with Crippen molar-refractivity contribution in [2.24, 2.45) is 22.7 Å². The lowest BCUT2D eigenvalue weighted by atomic mass is 10.0. The molecule has 38 heavy (non-hydrogen) atoms. The Morgan fingerprint density at radius 1 is 1.21 bits per heavy atom. The van der Waals surface area contributed by atoms with Gasteiger partial charge >= 0.3 is 0 Å². The van der Waals surface area contributed by atoms with Crippen molar-refractivity contribution in [3.63, 3.8) is 0 Å². The zero-order valence-corrected chi connectivity index (χ0v) is 23.4. The molecule has 3 heterocycles. The molecule has 4 rings (SSSR count). The van der Waals surface area contributed by atoms with E-state index in [1.54, 1.807) is 32.2 Å². The van der Waals surface area contributed by atoms with E-state index >= 15 is 0 Å². The van der Waals surface area contributed by atoms with E-state index in [4.69, 9.17) is 17.4 Å². The van der Waals surface area contributed by atoms with E-state index in [0.29, 0.717) is 17.2 Å². The van der Waals surface area contributed by atoms with Crippen molar-refractivity contribution < 1.29 is 4.39 Å². The van der Waals surface area contributed by atoms with E-state index in [1.165, 1.54) is 24.4 Å². The molecule has 10 heteroatoms. The minimum Gasteiger partial charge on any atom is -0.383 e. The standard InChI is InChI=1S/C26H38FN9.C2H6/c1-4-5-17(2)24(27)18(3)36(30)26(33-29)23-12-20(13-31-25(23)28)21-14-32-35(16-21)22-8-10-34(11-9-22)15-19-6-7-19;1-2/h4-5,12-14,16,18-19,22H,6-11,15,29-30H2,1-3H3,(H2,28,31);1-2H3/b5-4-,24-17+,33-26-;. The Morgan fingerprint density at radius 3 is 2.50 bits per heavy atom. The van der Waals surface area contributed by atoms with Crippen molar-refractivity contribution in [3.8, 4) is 11.1 Å². The number of nitrogen functional groups attached to an aromatic ring is 1. The predicted octanol–water partition coefficient (Wildman–Crippen LogP) is 4.60. The Balaban J connectivity index is 0.00000195. The zero-order chi connectivity index (χ0) is 27.8. The lowest BCUT2D eigenvalue weighted by Gasteiger charge is -2.32. The molecule has 0 radical (unpaired) electrons. The average molecular weight is 526 g/mol. The molecule has 0 spiro atoms. The molecule has 1 aliphatic heterocycles. The second kappa shape index (κ2) is 13.5. The van der Waals surface area contributed by atoms with E-state index in [2.05, 4.69) is 24.8 Å². The summed E-state index contributed by atoms with van der Waals surface area (Å²) in [6, 6.07) is 1.40. The molecule has 2 aromatic heterocycles. The molecule has 9 nitrogen and oxygen atoms in total. The number of anilines is 1. The van der Waals surface area contributed by atoms with Crippen LogP contribution in [0, 0.1) is 5.92 Å². The second-order valence-corrected chi connectivity index (χ2v) is 9.91. The van der Waals surface area contributed by atoms with E-state index < -0.39 is 6.04 Å². The van der Waals surface area contributed by atoms with Gasteiger partial charge in [-0.15, -0.1) is 0 Å². The first-order valence-corrected chi connectivity index (χ1v) is 13.7. The Labute approximate surface area is 226 Å². The molecule has 208 valence electrons. The van der Waals surface area contributed by atoms with Crippen LogP contribution in [-0.2, 0) is 0 Å². The molecule has 1 unspecified atom stereocenters. The van der Waals surface area contributed by atoms with Gasteiger partial charge in [-0.1, -0.05) is 26.0 Å². The Morgan fingerprint density at radius 2 is 1.89 bits per heavy atom. The van der Waals surface area contributed by atoms with Crippen LogP contribution in [0.5, 0.6) is 0 Å². The van der Waals surface area contributed by atoms with Crippen LogP contribution in [0.15, 0.2) is 53.3 Å². The number of rotatable bonds is 8. The van der Waals surface area contributed by atoms with Gasteiger partial charge in [0.15, 0.2) is 5.84 Å². The maximum atomic E-state index is 14.9. The number of allylic oxidation sites excluding steroid dienone is 3. The van der Waals surface area contributed by atoms with Crippen molar-refractivity contribution >= 4 is 11.7 Å². The quantitative estimate of drug-likeness (QED) is 0.151. The number of aromatic nitrogens is 3. The highest BCUT2D eigenvalue weighted by Crippen LogP contribution is 2.32. The number of nitrogens with two attached hydrogens (primary N) is 3. The first kappa shape index (κ1) is 29.3. The normalized spacial score (nSPS) is 18.7. The molecule has 2 aromatic rings. The fraction of sp³-hybridized carbons (Fsp3) is 0.536. The fourth-order valence-corrected chi connectivity index (χ4v) is 4.77. The van der Waals surface area contributed by atoms with Gasteiger partial charge in [0.05, 0.1) is 23.8 Å². The Bertz CT molecular complexity index is 1140. The SMILES string of the molecule is C/C=C\C(C)=C(\F)C(C)N(N)/C(=N\N)c1cc(-c2cnn(C3CCN(CC4CC4)CC3)c2)cnc1N.CC. The topological polar surface area (TPSA) is 128 Å². The number of hydrogen-bond donors (Lipinski definition) is 3. The molecule has 0 amide bonds. The highest BCUT2D eigenvalue weighted by atomic mass is 19.1. The molecular weight excluding hydrogens is 481 g/mol. The minimum absolute atomic E-state index is 0.146. The van der Waals surface area contributed by atoms with Crippen LogP contribution < -0.4 is 17.4 Å². The number of nitrogens with zero attached hydrogens (tertiary/aromatic N) is 6. The molecule has 1 aliphatic carbocycles. The van der Waals surface area contributed by atoms with Crippen LogP contribution in [0.2, 0.25) is 0 Å². The van der Waals surface area contributed by atoms with Gasteiger partial charge in [-0.3, -0.25) is 9.69 Å². The number of pyridine rings is 1. The third kappa shape index (κ3) is 6.99. The van der Waals surface area contributed by atoms with Crippen LogP contribution in [-0.4, -0.2) is 56.2 Å². The van der Waals surface area contributed by atoms with Gasteiger partial charge in [0, 0.05) is 43.2 Å². The van der Waals surface area contributed by atoms with E-state index in [-0.39, 0.29) is 17.5 Å². The number of hydrazine groups is 1. The minimum atomic E-state index is -0.805. The summed E-state index contributed by atoms with van der Waals surface area (Å²) in [7, 11) is 0. The average Bonchev–Trinajstić information content (AvgIpc) is 3.62. The summed E-state index contributed by atoms with van der Waals surface area (Å²) in [5.74, 6) is 12.8. The third-order valence-electron chi connectivity index (χ3n) is 7.18. The maximum Gasteiger partial charge on any atom is 0.173 e. The van der Waals surface area contributed by atoms with Crippen molar-refractivity contribution in [1.82, 2.24) is 24.7 Å². The summed E-state index contributed by atoms with van der Waals surface area (Å²) < 4.78 is 17.0. The van der Waals surface area contributed by atoms with Crippen LogP contribution in [0.25, 0.3) is 11.1 Å². The Hall–Kier alpha value is -3.24. The lowest BCUT2D eigenvalue weighted by molar-refractivity contribution is 0.174. The molecule has 2 fully saturated rings. The van der Waals surface area contributed by atoms with E-state index in [1.807, 2.05) is 39.2 Å². The van der Waals surface area contributed by atoms with Crippen molar-refractivity contribution in [3.05, 3.63) is 53.8 Å². The summed E-state index contributed by atoms with van der Waals surface area (Å²) in [4.78, 5) is 6.92. The van der Waals surface area contributed by atoms with Gasteiger partial charge in [0.1, 0.15) is 11.6 Å². The first-order valence-electron chi connectivity index (χ1n) is 13.7. The van der Waals surface area contributed by atoms with Crippen LogP contribution in [0.4, 0.5) is 10.2 Å². The number of hydrogen-bond acceptors (Lipinski definition) is 7. The van der Waals surface area contributed by atoms with Gasteiger partial charge in [-0.2, -0.15) is 10.2 Å². The summed E-state index contributed by atoms with van der Waals surface area (Å²) in [5.41, 5.74) is 8.79. The van der Waals surface area contributed by atoms with Gasteiger partial charge in [0.2, 0.25) is 0 Å². The van der Waals surface area contributed by atoms with Crippen LogP contribution in [0.1, 0.15) is 71.9 Å². The lowest BCUT2D eigenvalue weighted by Crippen LogP contribution is -2.46. The summed E-state index contributed by atoms with van der Waals surface area (Å²) in [6.07, 6.45) is 14.0. The molecule has 2 aliphatic rings. The second-order valence-electron chi connectivity index (χ2n) is 9.91. The van der Waals surface area contributed by atoms with E-state index in [0.717, 1.165) is 43.0 Å². The number of hydrazone groups is 1. The van der Waals surface area contributed by atoms with Crippen LogP contribution in [0.3, 0.4) is 0 Å². The molecule has 1 saturated heterocycles. The molecule has 0 bridgehead atoms. The molecular formula is C28H44FN9. The number of likely N-dealkylation sites (tertiary alicyclic amines) is 1. The molecule has 1 atom stereocenters. The highest BCUT2D eigenvalue weighted by molar-refractivity contribution is 6.03. The predicted molar refractivity (Wildman–Crippen MR) is 153 cm³/mol. The van der Waals surface area contributed by atoms with Gasteiger partial charge in [0.25, 0.3) is 0 Å². The summed E-state index contributed by atoms with van der Waals surface area (Å²) >= 11 is 0. The van der Waals surface area contributed by atoms with Gasteiger partial charge in [-0.05, 0) is 64.0 Å². The third-order valence-corrected chi connectivity index (χ3v) is 7.18. The zero-order valence-electron chi connectivity index (χ0n) is 23.4. The van der Waals surface area contributed by atoms with Gasteiger partial charge in [-0.25, -0.2) is 15.2 Å². The van der Waals surface area contributed by atoms with Crippen molar-refractivity contribution in [1.29, 1.82) is 0 Å². The fourth-order valence-electron chi connectivity index (χ4n) is 4.77. The Kier molecular flexibility index (Phi) is 10.4. The maximum absolute atomic E-state index is 14.9. The first-order chi connectivity index (χ1) is 18.3. The summed E-state index contributed by atoms with van der Waals surface area (Å²) in [5, 5.41) is 9.66.